The lowest BCUT2D eigenvalue weighted by Crippen LogP contribution is -2.53. The standard InChI is InChI=1S/C14H22F2N6O.HI/c1-3-17-14(21-8-6-20(7-9-21)11(2)23)19-10-12-18-4-5-22(12)13(15)16;/h4-5,13H,3,6-10H2,1-2H3,(H,17,19);1H. The second-order valence-corrected chi connectivity index (χ2v) is 5.19. The molecule has 1 aromatic rings. The van der Waals surface area contributed by atoms with Crippen LogP contribution in [-0.2, 0) is 11.3 Å². The summed E-state index contributed by atoms with van der Waals surface area (Å²) in [4.78, 5) is 23.5. The Bertz CT molecular complexity index is 557. The van der Waals surface area contributed by atoms with E-state index in [2.05, 4.69) is 15.3 Å². The molecule has 1 aliphatic heterocycles. The van der Waals surface area contributed by atoms with Crippen LogP contribution in [-0.4, -0.2) is 63.9 Å². The Morgan fingerprint density at radius 2 is 1.96 bits per heavy atom. The third-order valence-corrected chi connectivity index (χ3v) is 3.69. The maximum atomic E-state index is 12.8. The predicted octanol–water partition coefficient (Wildman–Crippen LogP) is 1.53. The molecule has 7 nitrogen and oxygen atoms in total. The lowest BCUT2D eigenvalue weighted by atomic mass is 10.3. The number of imidazole rings is 1. The minimum atomic E-state index is -2.62. The van der Waals surface area contributed by atoms with E-state index in [0.29, 0.717) is 38.7 Å². The lowest BCUT2D eigenvalue weighted by Gasteiger charge is -2.36. The summed E-state index contributed by atoms with van der Waals surface area (Å²) in [5.74, 6) is 0.933. The molecular weight excluding hydrogens is 433 g/mol. The van der Waals surface area contributed by atoms with E-state index in [1.54, 1.807) is 11.8 Å². The van der Waals surface area contributed by atoms with Crippen LogP contribution in [0, 0.1) is 0 Å². The predicted molar refractivity (Wildman–Crippen MR) is 97.5 cm³/mol. The summed E-state index contributed by atoms with van der Waals surface area (Å²) in [5.41, 5.74) is 0. The van der Waals surface area contributed by atoms with Gasteiger partial charge < -0.3 is 15.1 Å². The van der Waals surface area contributed by atoms with Crippen LogP contribution >= 0.6 is 24.0 Å². The Morgan fingerprint density at radius 1 is 1.33 bits per heavy atom. The third kappa shape index (κ3) is 5.28. The van der Waals surface area contributed by atoms with Gasteiger partial charge in [-0.1, -0.05) is 0 Å². The Labute approximate surface area is 157 Å². The molecule has 0 aliphatic carbocycles. The summed E-state index contributed by atoms with van der Waals surface area (Å²) in [6.07, 6.45) is 2.59. The first-order valence-corrected chi connectivity index (χ1v) is 7.61. The van der Waals surface area contributed by atoms with Gasteiger partial charge in [0.1, 0.15) is 12.4 Å². The van der Waals surface area contributed by atoms with Gasteiger partial charge in [0.05, 0.1) is 0 Å². The zero-order valence-electron chi connectivity index (χ0n) is 13.8. The number of nitrogens with zero attached hydrogens (tertiary/aromatic N) is 5. The number of halogens is 3. The molecule has 2 heterocycles. The van der Waals surface area contributed by atoms with Gasteiger partial charge in [0.15, 0.2) is 5.96 Å². The van der Waals surface area contributed by atoms with Crippen molar-refractivity contribution in [2.75, 3.05) is 32.7 Å². The molecule has 0 bridgehead atoms. The lowest BCUT2D eigenvalue weighted by molar-refractivity contribution is -0.130. The van der Waals surface area contributed by atoms with Gasteiger partial charge in [-0.05, 0) is 6.92 Å². The van der Waals surface area contributed by atoms with Crippen molar-refractivity contribution in [3.8, 4) is 0 Å². The summed E-state index contributed by atoms with van der Waals surface area (Å²) < 4.78 is 26.4. The summed E-state index contributed by atoms with van der Waals surface area (Å²) in [6.45, 7) is 4.21. The Kier molecular flexibility index (Phi) is 8.36. The van der Waals surface area contributed by atoms with Crippen LogP contribution in [0.5, 0.6) is 0 Å². The fraction of sp³-hybridized carbons (Fsp3) is 0.643. The first-order valence-electron chi connectivity index (χ1n) is 7.61. The van der Waals surface area contributed by atoms with E-state index in [1.807, 2.05) is 11.8 Å². The van der Waals surface area contributed by atoms with Gasteiger partial charge in [-0.15, -0.1) is 24.0 Å². The second kappa shape index (κ2) is 9.74. The van der Waals surface area contributed by atoms with Gasteiger partial charge in [0, 0.05) is 52.0 Å². The summed E-state index contributed by atoms with van der Waals surface area (Å²) in [6, 6.07) is 0. The molecule has 0 saturated carbocycles. The highest BCUT2D eigenvalue weighted by Crippen LogP contribution is 2.13. The van der Waals surface area contributed by atoms with Gasteiger partial charge in [0.2, 0.25) is 5.91 Å². The molecule has 10 heteroatoms. The first-order chi connectivity index (χ1) is 11.0. The zero-order valence-corrected chi connectivity index (χ0v) is 16.1. The van der Waals surface area contributed by atoms with Crippen molar-refractivity contribution >= 4 is 35.8 Å². The molecular formula is C14H23F2IN6O. The molecule has 136 valence electrons. The highest BCUT2D eigenvalue weighted by Gasteiger charge is 2.21. The normalized spacial score (nSPS) is 15.5. The third-order valence-electron chi connectivity index (χ3n) is 3.69. The largest absolute Gasteiger partial charge is 0.357 e. The number of rotatable bonds is 4. The topological polar surface area (TPSA) is 65.8 Å². The Hall–Kier alpha value is -1.46. The number of amides is 1. The van der Waals surface area contributed by atoms with E-state index in [0.717, 1.165) is 4.57 Å². The van der Waals surface area contributed by atoms with Gasteiger partial charge >= 0.3 is 6.55 Å². The summed E-state index contributed by atoms with van der Waals surface area (Å²) >= 11 is 0. The van der Waals surface area contributed by atoms with E-state index in [4.69, 9.17) is 0 Å². The van der Waals surface area contributed by atoms with Crippen LogP contribution in [0.25, 0.3) is 0 Å². The SMILES string of the molecule is CCNC(=NCc1nccn1C(F)F)N1CCN(C(C)=O)CC1.I. The van der Waals surface area contributed by atoms with Crippen molar-refractivity contribution in [3.05, 3.63) is 18.2 Å². The molecule has 24 heavy (non-hydrogen) atoms. The van der Waals surface area contributed by atoms with E-state index in [9.17, 15) is 13.6 Å². The quantitative estimate of drug-likeness (QED) is 0.424. The number of hydrogen-bond donors (Lipinski definition) is 1. The van der Waals surface area contributed by atoms with Gasteiger partial charge in [-0.3, -0.25) is 9.36 Å². The van der Waals surface area contributed by atoms with Crippen LogP contribution in [0.15, 0.2) is 17.4 Å². The smallest absolute Gasteiger partial charge is 0.319 e. The second-order valence-electron chi connectivity index (χ2n) is 5.19. The molecule has 1 saturated heterocycles. The fourth-order valence-corrected chi connectivity index (χ4v) is 2.45. The molecule has 0 spiro atoms. The number of carbonyl (C=O) groups is 1. The van der Waals surface area contributed by atoms with Crippen LogP contribution in [0.2, 0.25) is 0 Å². The fourth-order valence-electron chi connectivity index (χ4n) is 2.45. The first kappa shape index (κ1) is 20.6. The van der Waals surface area contributed by atoms with Crippen molar-refractivity contribution in [1.82, 2.24) is 24.7 Å². The van der Waals surface area contributed by atoms with Gasteiger partial charge in [0.25, 0.3) is 0 Å². The van der Waals surface area contributed by atoms with Crippen molar-refractivity contribution in [1.29, 1.82) is 0 Å². The number of nitrogens with one attached hydrogen (secondary N) is 1. The molecule has 1 fully saturated rings. The molecule has 1 aliphatic rings. The number of piperazine rings is 1. The average molecular weight is 456 g/mol. The van der Waals surface area contributed by atoms with E-state index >= 15 is 0 Å². The number of hydrogen-bond acceptors (Lipinski definition) is 3. The minimum absolute atomic E-state index is 0. The molecule has 2 rings (SSSR count). The van der Waals surface area contributed by atoms with Crippen molar-refractivity contribution < 1.29 is 13.6 Å². The number of guanidine groups is 1. The monoisotopic (exact) mass is 456 g/mol. The van der Waals surface area contributed by atoms with Gasteiger partial charge in [-0.2, -0.15) is 8.78 Å². The molecule has 0 atom stereocenters. The van der Waals surface area contributed by atoms with E-state index in [-0.39, 0.29) is 42.3 Å². The highest BCUT2D eigenvalue weighted by atomic mass is 127. The van der Waals surface area contributed by atoms with Crippen LogP contribution in [0.1, 0.15) is 26.2 Å². The van der Waals surface area contributed by atoms with Crippen LogP contribution < -0.4 is 5.32 Å². The Balaban J connectivity index is 0.00000288. The average Bonchev–Trinajstić information content (AvgIpc) is 3.00. The van der Waals surface area contributed by atoms with Crippen molar-refractivity contribution in [2.45, 2.75) is 26.9 Å². The maximum Gasteiger partial charge on any atom is 0.319 e. The maximum absolute atomic E-state index is 12.8. The minimum Gasteiger partial charge on any atom is -0.357 e. The Morgan fingerprint density at radius 3 is 2.50 bits per heavy atom. The molecule has 0 unspecified atom stereocenters. The zero-order chi connectivity index (χ0) is 16.8. The number of carbonyl (C=O) groups excluding carboxylic acids is 1. The number of aliphatic imine (C=N–C) groups is 1. The van der Waals surface area contributed by atoms with E-state index in [1.165, 1.54) is 12.4 Å². The molecule has 0 radical (unpaired) electrons. The number of alkyl halides is 2. The van der Waals surface area contributed by atoms with Crippen molar-refractivity contribution in [3.63, 3.8) is 0 Å². The highest BCUT2D eigenvalue weighted by molar-refractivity contribution is 14.0. The number of aromatic nitrogens is 2. The van der Waals surface area contributed by atoms with Crippen molar-refractivity contribution in [2.24, 2.45) is 4.99 Å². The van der Waals surface area contributed by atoms with Gasteiger partial charge in [-0.25, -0.2) is 9.98 Å². The summed E-state index contributed by atoms with van der Waals surface area (Å²) in [5, 5.41) is 3.16. The molecule has 0 aromatic carbocycles. The van der Waals surface area contributed by atoms with Crippen LogP contribution in [0.3, 0.4) is 0 Å². The molecule has 1 amide bonds. The van der Waals surface area contributed by atoms with E-state index < -0.39 is 6.55 Å². The molecule has 1 N–H and O–H groups in total. The van der Waals surface area contributed by atoms with Crippen LogP contribution in [0.4, 0.5) is 8.78 Å². The molecule has 1 aromatic heterocycles. The summed E-state index contributed by atoms with van der Waals surface area (Å²) in [7, 11) is 0.